The van der Waals surface area contributed by atoms with Crippen molar-refractivity contribution in [2.45, 2.75) is 6.92 Å². The van der Waals surface area contributed by atoms with Crippen molar-refractivity contribution in [3.63, 3.8) is 0 Å². The number of aryl methyl sites for hydroxylation is 1. The third kappa shape index (κ3) is 3.53. The largest absolute Gasteiger partial charge is 0.486 e. The summed E-state index contributed by atoms with van der Waals surface area (Å²) in [7, 11) is 1.57. The Morgan fingerprint density at radius 2 is 1.80 bits per heavy atom. The average molecular weight is 361 g/mol. The minimum absolute atomic E-state index is 0.181. The molecule has 2 aromatic rings. The lowest BCUT2D eigenvalue weighted by Gasteiger charge is -2.20. The summed E-state index contributed by atoms with van der Waals surface area (Å²) >= 11 is 6.17. The van der Waals surface area contributed by atoms with E-state index in [1.165, 1.54) is 0 Å². The normalized spacial score (nSPS) is 12.4. The van der Waals surface area contributed by atoms with Crippen molar-refractivity contribution in [1.82, 2.24) is 5.32 Å². The van der Waals surface area contributed by atoms with Crippen molar-refractivity contribution in [2.75, 3.05) is 25.6 Å². The molecule has 0 fully saturated rings. The zero-order valence-corrected chi connectivity index (χ0v) is 14.6. The van der Waals surface area contributed by atoms with E-state index in [-0.39, 0.29) is 11.8 Å². The number of amides is 2. The second-order valence-corrected chi connectivity index (χ2v) is 5.95. The summed E-state index contributed by atoms with van der Waals surface area (Å²) in [5, 5.41) is 5.71. The Hall–Kier alpha value is -2.73. The zero-order chi connectivity index (χ0) is 18.0. The quantitative estimate of drug-likeness (QED) is 0.882. The van der Waals surface area contributed by atoms with Crippen LogP contribution in [0.5, 0.6) is 11.5 Å². The summed E-state index contributed by atoms with van der Waals surface area (Å²) in [6, 6.07) is 8.20. The zero-order valence-electron chi connectivity index (χ0n) is 13.8. The monoisotopic (exact) mass is 360 g/mol. The molecule has 6 nitrogen and oxygen atoms in total. The SMILES string of the molecule is CNC(=O)c1ccc(NC(=O)c2cc(Cl)c3c(c2)OCCO3)c(C)c1. The lowest BCUT2D eigenvalue weighted by atomic mass is 10.1. The number of ether oxygens (including phenoxy) is 2. The molecule has 7 heteroatoms. The highest BCUT2D eigenvalue weighted by atomic mass is 35.5. The number of hydrogen-bond acceptors (Lipinski definition) is 4. The van der Waals surface area contributed by atoms with Crippen LogP contribution in [0.4, 0.5) is 5.69 Å². The van der Waals surface area contributed by atoms with Crippen LogP contribution in [-0.2, 0) is 0 Å². The van der Waals surface area contributed by atoms with E-state index in [4.69, 9.17) is 21.1 Å². The van der Waals surface area contributed by atoms with Gasteiger partial charge in [-0.25, -0.2) is 0 Å². The first-order chi connectivity index (χ1) is 12.0. The number of hydrogen-bond donors (Lipinski definition) is 2. The van der Waals surface area contributed by atoms with Crippen molar-refractivity contribution in [3.8, 4) is 11.5 Å². The van der Waals surface area contributed by atoms with Gasteiger partial charge in [0.2, 0.25) is 0 Å². The lowest BCUT2D eigenvalue weighted by Crippen LogP contribution is -2.19. The first-order valence-electron chi connectivity index (χ1n) is 7.73. The minimum atomic E-state index is -0.324. The molecule has 0 saturated heterocycles. The Bertz CT molecular complexity index is 851. The topological polar surface area (TPSA) is 76.7 Å². The minimum Gasteiger partial charge on any atom is -0.486 e. The Morgan fingerprint density at radius 1 is 1.04 bits per heavy atom. The van der Waals surface area contributed by atoms with E-state index < -0.39 is 0 Å². The third-order valence-electron chi connectivity index (χ3n) is 3.82. The highest BCUT2D eigenvalue weighted by Gasteiger charge is 2.19. The van der Waals surface area contributed by atoms with Crippen LogP contribution >= 0.6 is 11.6 Å². The highest BCUT2D eigenvalue weighted by Crippen LogP contribution is 2.38. The van der Waals surface area contributed by atoms with E-state index >= 15 is 0 Å². The van der Waals surface area contributed by atoms with Crippen molar-refractivity contribution >= 4 is 29.1 Å². The molecule has 0 saturated carbocycles. The molecule has 3 rings (SSSR count). The maximum absolute atomic E-state index is 12.5. The first kappa shape index (κ1) is 17.1. The number of fused-ring (bicyclic) bond motifs is 1. The number of benzene rings is 2. The fourth-order valence-electron chi connectivity index (χ4n) is 2.53. The Labute approximate surface area is 150 Å². The van der Waals surface area contributed by atoms with Crippen LogP contribution in [0.25, 0.3) is 0 Å². The summed E-state index contributed by atoms with van der Waals surface area (Å²) in [6.45, 7) is 2.66. The maximum Gasteiger partial charge on any atom is 0.255 e. The molecule has 0 unspecified atom stereocenters. The first-order valence-corrected chi connectivity index (χ1v) is 8.10. The second-order valence-electron chi connectivity index (χ2n) is 5.55. The van der Waals surface area contributed by atoms with Crippen molar-refractivity contribution in [1.29, 1.82) is 0 Å². The van der Waals surface area contributed by atoms with Gasteiger partial charge in [0.15, 0.2) is 11.5 Å². The van der Waals surface area contributed by atoms with Gasteiger partial charge in [0.25, 0.3) is 11.8 Å². The number of anilines is 1. The number of carbonyl (C=O) groups excluding carboxylic acids is 2. The maximum atomic E-state index is 12.5. The van der Waals surface area contributed by atoms with E-state index in [9.17, 15) is 9.59 Å². The van der Waals surface area contributed by atoms with Crippen molar-refractivity contribution in [3.05, 3.63) is 52.0 Å². The van der Waals surface area contributed by atoms with Gasteiger partial charge >= 0.3 is 0 Å². The molecule has 0 aromatic heterocycles. The molecule has 1 aliphatic rings. The molecule has 1 heterocycles. The second kappa shape index (κ2) is 7.03. The molecule has 2 amide bonds. The summed E-state index contributed by atoms with van der Waals surface area (Å²) in [4.78, 5) is 24.2. The van der Waals surface area contributed by atoms with E-state index in [2.05, 4.69) is 10.6 Å². The smallest absolute Gasteiger partial charge is 0.255 e. The summed E-state index contributed by atoms with van der Waals surface area (Å²) in [5.74, 6) is 0.403. The van der Waals surface area contributed by atoms with E-state index in [0.29, 0.717) is 46.5 Å². The Morgan fingerprint density at radius 3 is 2.52 bits per heavy atom. The van der Waals surface area contributed by atoms with Crippen LogP contribution in [0.15, 0.2) is 30.3 Å². The van der Waals surface area contributed by atoms with E-state index in [1.54, 1.807) is 37.4 Å². The molecule has 2 N–H and O–H groups in total. The van der Waals surface area contributed by atoms with Gasteiger partial charge in [-0.3, -0.25) is 9.59 Å². The number of nitrogens with one attached hydrogen (secondary N) is 2. The molecular formula is C18H17ClN2O4. The van der Waals surface area contributed by atoms with Crippen LogP contribution in [0.1, 0.15) is 26.3 Å². The molecule has 0 aliphatic carbocycles. The van der Waals surface area contributed by atoms with Gasteiger partial charge in [0, 0.05) is 23.9 Å². The highest BCUT2D eigenvalue weighted by molar-refractivity contribution is 6.32. The molecule has 0 spiro atoms. The molecule has 130 valence electrons. The van der Waals surface area contributed by atoms with Gasteiger partial charge in [-0.1, -0.05) is 11.6 Å². The number of carbonyl (C=O) groups is 2. The fraction of sp³-hybridized carbons (Fsp3) is 0.222. The van der Waals surface area contributed by atoms with Gasteiger partial charge in [-0.2, -0.15) is 0 Å². The summed E-state index contributed by atoms with van der Waals surface area (Å²) in [5.41, 5.74) is 2.28. The molecule has 25 heavy (non-hydrogen) atoms. The van der Waals surface area contributed by atoms with E-state index in [1.807, 2.05) is 6.92 Å². The third-order valence-corrected chi connectivity index (χ3v) is 4.10. The van der Waals surface area contributed by atoms with Gasteiger partial charge in [-0.15, -0.1) is 0 Å². The molecule has 0 radical (unpaired) electrons. The standard InChI is InChI=1S/C18H17ClN2O4/c1-10-7-11(17(22)20-2)3-4-14(10)21-18(23)12-8-13(19)16-15(9-12)24-5-6-25-16/h3-4,7-9H,5-6H2,1-2H3,(H,20,22)(H,21,23). The molecule has 0 bridgehead atoms. The van der Waals surface area contributed by atoms with Gasteiger partial charge in [0.1, 0.15) is 13.2 Å². The van der Waals surface area contributed by atoms with Gasteiger partial charge < -0.3 is 20.1 Å². The van der Waals surface area contributed by atoms with Crippen LogP contribution in [0.3, 0.4) is 0 Å². The average Bonchev–Trinajstić information content (AvgIpc) is 2.62. The van der Waals surface area contributed by atoms with Crippen LogP contribution < -0.4 is 20.1 Å². The van der Waals surface area contributed by atoms with Crippen LogP contribution in [0.2, 0.25) is 5.02 Å². The summed E-state index contributed by atoms with van der Waals surface area (Å²) < 4.78 is 10.9. The summed E-state index contributed by atoms with van der Waals surface area (Å²) in [6.07, 6.45) is 0. The number of halogens is 1. The number of rotatable bonds is 3. The Balaban J connectivity index is 1.83. The molecule has 2 aromatic carbocycles. The van der Waals surface area contributed by atoms with Gasteiger partial charge in [-0.05, 0) is 42.8 Å². The molecular weight excluding hydrogens is 344 g/mol. The van der Waals surface area contributed by atoms with Crippen LogP contribution in [-0.4, -0.2) is 32.1 Å². The fourth-order valence-corrected chi connectivity index (χ4v) is 2.79. The van der Waals surface area contributed by atoms with E-state index in [0.717, 1.165) is 5.56 Å². The van der Waals surface area contributed by atoms with Gasteiger partial charge in [0.05, 0.1) is 5.02 Å². The predicted molar refractivity (Wildman–Crippen MR) is 95.0 cm³/mol. The lowest BCUT2D eigenvalue weighted by molar-refractivity contribution is 0.0962. The van der Waals surface area contributed by atoms with Crippen LogP contribution in [0, 0.1) is 6.92 Å². The van der Waals surface area contributed by atoms with Crippen molar-refractivity contribution in [2.24, 2.45) is 0 Å². The Kier molecular flexibility index (Phi) is 4.81. The van der Waals surface area contributed by atoms with Crippen molar-refractivity contribution < 1.29 is 19.1 Å². The molecule has 1 aliphatic heterocycles. The molecule has 0 atom stereocenters. The predicted octanol–water partition coefficient (Wildman–Crippen LogP) is 3.03.